The first-order valence-corrected chi connectivity index (χ1v) is 8.51. The first-order valence-electron chi connectivity index (χ1n) is 7.03. The fourth-order valence-corrected chi connectivity index (χ4v) is 4.19. The number of benzene rings is 1. The first kappa shape index (κ1) is 15.8. The van der Waals surface area contributed by atoms with Gasteiger partial charge in [-0.15, -0.1) is 0 Å². The van der Waals surface area contributed by atoms with E-state index < -0.39 is 15.9 Å². The fraction of sp³-hybridized carbons (Fsp3) is 0.500. The number of hydrogen-bond donors (Lipinski definition) is 3. The number of nitrogens with two attached hydrogens (primary N) is 2. The van der Waals surface area contributed by atoms with Gasteiger partial charge < -0.3 is 11.5 Å². The fourth-order valence-electron chi connectivity index (χ4n) is 2.70. The molecule has 116 valence electrons. The number of hydrogen-bond acceptors (Lipinski definition) is 4. The molecule has 0 aliphatic heterocycles. The van der Waals surface area contributed by atoms with Gasteiger partial charge in [0, 0.05) is 11.6 Å². The molecule has 0 radical (unpaired) electrons. The summed E-state index contributed by atoms with van der Waals surface area (Å²) in [6.07, 6.45) is 4.01. The lowest BCUT2D eigenvalue weighted by Crippen LogP contribution is -2.41. The monoisotopic (exact) mass is 311 g/mol. The standard InChI is InChI=1S/C14H21N3O3S/c1-9-4-2-3-5-12(9)17-21(19,20)13-7-6-10(14(16)18)8-11(13)15/h6-9,12,17H,2-5,15H2,1H3,(H2,16,18). The molecule has 6 nitrogen and oxygen atoms in total. The molecule has 1 aliphatic carbocycles. The molecule has 0 spiro atoms. The first-order chi connectivity index (χ1) is 9.81. The minimum Gasteiger partial charge on any atom is -0.398 e. The highest BCUT2D eigenvalue weighted by Crippen LogP contribution is 2.26. The highest BCUT2D eigenvalue weighted by Gasteiger charge is 2.27. The van der Waals surface area contributed by atoms with Crippen LogP contribution in [-0.4, -0.2) is 20.4 Å². The van der Waals surface area contributed by atoms with Crippen molar-refractivity contribution in [1.82, 2.24) is 4.72 Å². The number of sulfonamides is 1. The second-order valence-electron chi connectivity index (χ2n) is 5.61. The van der Waals surface area contributed by atoms with Crippen LogP contribution in [0.1, 0.15) is 43.0 Å². The van der Waals surface area contributed by atoms with E-state index in [9.17, 15) is 13.2 Å². The maximum absolute atomic E-state index is 12.4. The zero-order valence-corrected chi connectivity index (χ0v) is 12.8. The molecule has 0 saturated heterocycles. The lowest BCUT2D eigenvalue weighted by Gasteiger charge is -2.29. The summed E-state index contributed by atoms with van der Waals surface area (Å²) in [4.78, 5) is 11.1. The number of rotatable bonds is 4. The van der Waals surface area contributed by atoms with Crippen LogP contribution in [0.3, 0.4) is 0 Å². The van der Waals surface area contributed by atoms with Crippen molar-refractivity contribution < 1.29 is 13.2 Å². The molecule has 2 atom stereocenters. The van der Waals surface area contributed by atoms with Gasteiger partial charge in [-0.25, -0.2) is 13.1 Å². The largest absolute Gasteiger partial charge is 0.398 e. The van der Waals surface area contributed by atoms with Gasteiger partial charge in [-0.3, -0.25) is 4.79 Å². The lowest BCUT2D eigenvalue weighted by atomic mass is 9.87. The number of nitrogens with one attached hydrogen (secondary N) is 1. The van der Waals surface area contributed by atoms with E-state index in [0.29, 0.717) is 5.92 Å². The SMILES string of the molecule is CC1CCCCC1NS(=O)(=O)c1ccc(C(N)=O)cc1N. The van der Waals surface area contributed by atoms with Crippen LogP contribution in [0.4, 0.5) is 5.69 Å². The van der Waals surface area contributed by atoms with E-state index in [2.05, 4.69) is 4.72 Å². The Hall–Kier alpha value is -1.60. The highest BCUT2D eigenvalue weighted by molar-refractivity contribution is 7.89. The Kier molecular flexibility index (Phi) is 4.53. The molecular formula is C14H21N3O3S. The Bertz CT molecular complexity index is 643. The van der Waals surface area contributed by atoms with Gasteiger partial charge in [0.05, 0.1) is 5.69 Å². The summed E-state index contributed by atoms with van der Waals surface area (Å²) in [5.41, 5.74) is 11.1. The molecule has 0 aromatic heterocycles. The number of carbonyl (C=O) groups is 1. The van der Waals surface area contributed by atoms with Crippen molar-refractivity contribution in [2.24, 2.45) is 11.7 Å². The summed E-state index contributed by atoms with van der Waals surface area (Å²) in [6.45, 7) is 2.05. The van der Waals surface area contributed by atoms with Gasteiger partial charge in [0.25, 0.3) is 0 Å². The maximum atomic E-state index is 12.4. The predicted octanol–water partition coefficient (Wildman–Crippen LogP) is 1.22. The molecule has 1 saturated carbocycles. The smallest absolute Gasteiger partial charge is 0.248 e. The summed E-state index contributed by atoms with van der Waals surface area (Å²) < 4.78 is 27.6. The molecule has 1 aromatic rings. The molecule has 0 heterocycles. The molecule has 1 aliphatic rings. The van der Waals surface area contributed by atoms with E-state index in [0.717, 1.165) is 25.7 Å². The normalized spacial score (nSPS) is 22.9. The second-order valence-corrected chi connectivity index (χ2v) is 7.29. The molecule has 1 amide bonds. The topological polar surface area (TPSA) is 115 Å². The van der Waals surface area contributed by atoms with Crippen molar-refractivity contribution in [3.8, 4) is 0 Å². The van der Waals surface area contributed by atoms with E-state index in [-0.39, 0.29) is 22.2 Å². The Balaban J connectivity index is 2.25. The van der Waals surface area contributed by atoms with Crippen molar-refractivity contribution in [3.05, 3.63) is 23.8 Å². The van der Waals surface area contributed by atoms with E-state index in [1.165, 1.54) is 18.2 Å². The molecule has 21 heavy (non-hydrogen) atoms. The number of carbonyl (C=O) groups excluding carboxylic acids is 1. The quantitative estimate of drug-likeness (QED) is 0.725. The lowest BCUT2D eigenvalue weighted by molar-refractivity contribution is 0.1000. The summed E-state index contributed by atoms with van der Waals surface area (Å²) in [7, 11) is -3.69. The van der Waals surface area contributed by atoms with E-state index in [4.69, 9.17) is 11.5 Å². The molecule has 1 aromatic carbocycles. The van der Waals surface area contributed by atoms with Gasteiger partial charge in [-0.2, -0.15) is 0 Å². The third-order valence-electron chi connectivity index (χ3n) is 4.00. The average Bonchev–Trinajstić information content (AvgIpc) is 2.40. The van der Waals surface area contributed by atoms with E-state index in [1.807, 2.05) is 6.92 Å². The summed E-state index contributed by atoms with van der Waals surface area (Å²) >= 11 is 0. The number of nitrogen functional groups attached to an aromatic ring is 1. The van der Waals surface area contributed by atoms with Gasteiger partial charge in [0.2, 0.25) is 15.9 Å². The van der Waals surface area contributed by atoms with Gasteiger partial charge in [0.1, 0.15) is 4.90 Å². The highest BCUT2D eigenvalue weighted by atomic mass is 32.2. The van der Waals surface area contributed by atoms with E-state index >= 15 is 0 Å². The van der Waals surface area contributed by atoms with Crippen LogP contribution in [0.5, 0.6) is 0 Å². The number of primary amides is 1. The molecule has 2 rings (SSSR count). The molecule has 1 fully saturated rings. The summed E-state index contributed by atoms with van der Waals surface area (Å²) in [5.74, 6) is -0.334. The average molecular weight is 311 g/mol. The van der Waals surface area contributed by atoms with Gasteiger partial charge in [-0.1, -0.05) is 19.8 Å². The van der Waals surface area contributed by atoms with Crippen LogP contribution in [-0.2, 0) is 10.0 Å². The molecule has 2 unspecified atom stereocenters. The van der Waals surface area contributed by atoms with Crippen LogP contribution in [0.2, 0.25) is 0 Å². The van der Waals surface area contributed by atoms with Crippen LogP contribution in [0.15, 0.2) is 23.1 Å². The van der Waals surface area contributed by atoms with E-state index in [1.54, 1.807) is 0 Å². The zero-order chi connectivity index (χ0) is 15.6. The minimum absolute atomic E-state index is 0.00901. The Labute approximate surface area is 124 Å². The molecule has 7 heteroatoms. The molecule has 0 bridgehead atoms. The molecule has 5 N–H and O–H groups in total. The number of amides is 1. The van der Waals surface area contributed by atoms with Crippen LogP contribution in [0, 0.1) is 5.92 Å². The van der Waals surface area contributed by atoms with Crippen LogP contribution < -0.4 is 16.2 Å². The van der Waals surface area contributed by atoms with Gasteiger partial charge in [0.15, 0.2) is 0 Å². The Morgan fingerprint density at radius 3 is 2.52 bits per heavy atom. The Morgan fingerprint density at radius 2 is 1.95 bits per heavy atom. The summed E-state index contributed by atoms with van der Waals surface area (Å²) in [6, 6.07) is 3.92. The summed E-state index contributed by atoms with van der Waals surface area (Å²) in [5, 5.41) is 0. The van der Waals surface area contributed by atoms with Crippen LogP contribution >= 0.6 is 0 Å². The van der Waals surface area contributed by atoms with Crippen molar-refractivity contribution in [2.45, 2.75) is 43.5 Å². The third kappa shape index (κ3) is 3.54. The predicted molar refractivity (Wildman–Crippen MR) is 81.1 cm³/mol. The zero-order valence-electron chi connectivity index (χ0n) is 12.0. The van der Waals surface area contributed by atoms with Crippen molar-refractivity contribution >= 4 is 21.6 Å². The van der Waals surface area contributed by atoms with Crippen molar-refractivity contribution in [3.63, 3.8) is 0 Å². The van der Waals surface area contributed by atoms with Crippen molar-refractivity contribution in [1.29, 1.82) is 0 Å². The number of anilines is 1. The van der Waals surface area contributed by atoms with Gasteiger partial charge in [-0.05, 0) is 37.0 Å². The van der Waals surface area contributed by atoms with Crippen molar-refractivity contribution in [2.75, 3.05) is 5.73 Å². The maximum Gasteiger partial charge on any atom is 0.248 e. The minimum atomic E-state index is -3.69. The van der Waals surface area contributed by atoms with Crippen LogP contribution in [0.25, 0.3) is 0 Å². The Morgan fingerprint density at radius 1 is 1.29 bits per heavy atom. The van der Waals surface area contributed by atoms with Gasteiger partial charge >= 0.3 is 0 Å². The second kappa shape index (κ2) is 6.03. The molecular weight excluding hydrogens is 290 g/mol. The third-order valence-corrected chi connectivity index (χ3v) is 5.57.